The number of likely N-dealkylation sites (tertiary alicyclic amines) is 1. The number of carboxylic acid groups (broad SMARTS) is 1. The molecule has 1 aliphatic carbocycles. The molecule has 21 heteroatoms. The number of amides is 3. The van der Waals surface area contributed by atoms with E-state index in [1.54, 1.807) is 52.6 Å². The zero-order valence-corrected chi connectivity index (χ0v) is 49.4. The molecule has 432 valence electrons. The molecule has 4 atom stereocenters. The Bertz CT molecular complexity index is 3370. The number of halogens is 2. The minimum Gasteiger partial charge on any atom is -0.481 e. The van der Waals surface area contributed by atoms with Gasteiger partial charge in [-0.1, -0.05) is 88.0 Å². The predicted molar refractivity (Wildman–Crippen MR) is 311 cm³/mol. The number of sulfonamides is 1. The number of piperazine rings is 2. The van der Waals surface area contributed by atoms with Crippen molar-refractivity contribution in [2.75, 3.05) is 63.0 Å². The van der Waals surface area contributed by atoms with Gasteiger partial charge in [0.25, 0.3) is 5.56 Å². The monoisotopic (exact) mass is 1170 g/mol. The lowest BCUT2D eigenvalue weighted by Gasteiger charge is -2.54. The molecule has 0 bridgehead atoms. The van der Waals surface area contributed by atoms with Gasteiger partial charge in [-0.15, -0.1) is 0 Å². The number of aromatic nitrogens is 4. The summed E-state index contributed by atoms with van der Waals surface area (Å²) >= 11 is 12.9. The van der Waals surface area contributed by atoms with Gasteiger partial charge in [-0.3, -0.25) is 38.3 Å². The third-order valence-corrected chi connectivity index (χ3v) is 19.4. The summed E-state index contributed by atoms with van der Waals surface area (Å²) in [5, 5.41) is 11.8. The van der Waals surface area contributed by atoms with Crippen LogP contribution in [-0.4, -0.2) is 146 Å². The standard InChI is InChI=1S/C60H73Cl2N9O9S/c1-38-48-36-64-50(65-56(48)70(45-13-7-8-14-45)57(77)54(38)39(2)72)32-44-21-22-46(35-63-44)66-23-25-67(26-24-66)51(73)15-10-16-52(74)68-27-29-69(30-28-68)81(79,80)37-49(59(3,4)5)71-55(40-17-19-42(61)20-18-40)47(41-11-9-12-43(62)31-41)33-60(6,58(71)78)34-53(75)76/h9,11-12,17-22,31,35-36,45,47,49,55H,7-8,10,13-16,23-30,32-34,37H2,1-6H3,(H,75,76)/t47-,49-,55-,60-/m1/s1. The average Bonchev–Trinajstić information content (AvgIpc) is 3.96. The lowest BCUT2D eigenvalue weighted by molar-refractivity contribution is -0.162. The highest BCUT2D eigenvalue weighted by Crippen LogP contribution is 2.53. The Labute approximate surface area is 483 Å². The molecule has 3 amide bonds. The van der Waals surface area contributed by atoms with Gasteiger partial charge in [-0.05, 0) is 98.0 Å². The molecule has 18 nitrogen and oxygen atoms in total. The minimum atomic E-state index is -4.08. The van der Waals surface area contributed by atoms with E-state index in [1.165, 1.54) is 11.2 Å². The fourth-order valence-corrected chi connectivity index (χ4v) is 15.0. The minimum absolute atomic E-state index is 0.0126. The zero-order valence-electron chi connectivity index (χ0n) is 47.1. The Morgan fingerprint density at radius 3 is 2.04 bits per heavy atom. The number of hydrogen-bond acceptors (Lipinski definition) is 12. The van der Waals surface area contributed by atoms with Crippen LogP contribution in [0.1, 0.15) is 149 Å². The first-order chi connectivity index (χ1) is 38.4. The van der Waals surface area contributed by atoms with Crippen molar-refractivity contribution < 1.29 is 37.5 Å². The summed E-state index contributed by atoms with van der Waals surface area (Å²) in [5.74, 6) is -2.41. The Morgan fingerprint density at radius 2 is 1.46 bits per heavy atom. The number of hydrogen-bond donors (Lipinski definition) is 1. The molecule has 5 aromatic rings. The third-order valence-electron chi connectivity index (χ3n) is 17.0. The number of aliphatic carboxylic acids is 1. The van der Waals surface area contributed by atoms with Crippen LogP contribution in [0.3, 0.4) is 0 Å². The second-order valence-electron chi connectivity index (χ2n) is 23.7. The molecular formula is C60H73Cl2N9O9S. The van der Waals surface area contributed by atoms with Gasteiger partial charge in [0.2, 0.25) is 27.7 Å². The second-order valence-corrected chi connectivity index (χ2v) is 26.6. The number of rotatable bonds is 17. The molecule has 2 aromatic carbocycles. The summed E-state index contributed by atoms with van der Waals surface area (Å²) in [5.41, 5.74) is 2.06. The summed E-state index contributed by atoms with van der Waals surface area (Å²) < 4.78 is 32.4. The first-order valence-electron chi connectivity index (χ1n) is 28.1. The number of benzene rings is 2. The maximum atomic E-state index is 15.1. The first kappa shape index (κ1) is 59.3. The predicted octanol–water partition coefficient (Wildman–Crippen LogP) is 8.66. The summed E-state index contributed by atoms with van der Waals surface area (Å²) in [4.78, 5) is 102. The molecule has 0 spiro atoms. The summed E-state index contributed by atoms with van der Waals surface area (Å²) in [7, 11) is -4.08. The Morgan fingerprint density at radius 1 is 0.815 bits per heavy atom. The van der Waals surface area contributed by atoms with Gasteiger partial charge in [-0.2, -0.15) is 4.31 Å². The summed E-state index contributed by atoms with van der Waals surface area (Å²) in [6.45, 7) is 13.2. The maximum Gasteiger partial charge on any atom is 0.304 e. The molecule has 1 N–H and O–H groups in total. The highest BCUT2D eigenvalue weighted by molar-refractivity contribution is 7.89. The molecule has 4 aliphatic rings. The van der Waals surface area contributed by atoms with Crippen molar-refractivity contribution in [2.24, 2.45) is 10.8 Å². The van der Waals surface area contributed by atoms with Crippen LogP contribution in [0.25, 0.3) is 11.0 Å². The number of pyridine rings is 2. The normalized spacial score (nSPS) is 21.0. The summed E-state index contributed by atoms with van der Waals surface area (Å²) in [6, 6.07) is 16.7. The Hall–Kier alpha value is -6.28. The van der Waals surface area contributed by atoms with E-state index < -0.39 is 62.9 Å². The van der Waals surface area contributed by atoms with Gasteiger partial charge in [0, 0.05) is 104 Å². The Kier molecular flexibility index (Phi) is 17.8. The van der Waals surface area contributed by atoms with Gasteiger partial charge in [0.05, 0.1) is 53.5 Å². The number of nitrogens with zero attached hydrogens (tertiary/aromatic N) is 9. The SMILES string of the molecule is CC(=O)c1c(C)c2cnc(Cc3ccc(N4CCN(C(=O)CCCC(=O)N5CCN(S(=O)(=O)C[C@@H](N6C(=O)[C@@](C)(CC(=O)O)C[C@H](c7cccc(Cl)c7)[C@H]6c6ccc(Cl)cc6)C(C)(C)C)CC5)CC4)cn3)nc2n(C2CCCC2)c1=O. The number of anilines is 1. The number of fused-ring (bicyclic) bond motifs is 1. The van der Waals surface area contributed by atoms with Crippen LogP contribution in [0.15, 0.2) is 77.9 Å². The van der Waals surface area contributed by atoms with Crippen LogP contribution >= 0.6 is 23.2 Å². The largest absolute Gasteiger partial charge is 0.481 e. The molecule has 3 aliphatic heterocycles. The highest BCUT2D eigenvalue weighted by atomic mass is 35.5. The number of carboxylic acids is 1. The van der Waals surface area contributed by atoms with Gasteiger partial charge < -0.3 is 24.7 Å². The second kappa shape index (κ2) is 24.3. The molecule has 1 saturated carbocycles. The van der Waals surface area contributed by atoms with Gasteiger partial charge in [0.15, 0.2) is 5.78 Å². The maximum absolute atomic E-state index is 15.1. The van der Waals surface area contributed by atoms with Gasteiger partial charge in [0.1, 0.15) is 11.5 Å². The number of Topliss-reactive ketones (excluding diaryl/α,β-unsaturated/α-hetero) is 1. The third kappa shape index (κ3) is 13.0. The van der Waals surface area contributed by atoms with Crippen LogP contribution in [0, 0.1) is 17.8 Å². The van der Waals surface area contributed by atoms with E-state index in [0.717, 1.165) is 48.2 Å². The molecule has 81 heavy (non-hydrogen) atoms. The van der Waals surface area contributed by atoms with Crippen molar-refractivity contribution >= 4 is 79.4 Å². The summed E-state index contributed by atoms with van der Waals surface area (Å²) in [6.07, 6.45) is 8.04. The zero-order chi connectivity index (χ0) is 58.1. The van der Waals surface area contributed by atoms with Crippen molar-refractivity contribution in [2.45, 2.75) is 130 Å². The topological polar surface area (TPSA) is 217 Å². The number of aryl methyl sites for hydroxylation is 1. The molecule has 9 rings (SSSR count). The van der Waals surface area contributed by atoms with Crippen molar-refractivity contribution in [1.82, 2.24) is 38.5 Å². The Balaban J connectivity index is 0.777. The van der Waals surface area contributed by atoms with E-state index in [9.17, 15) is 37.5 Å². The lowest BCUT2D eigenvalue weighted by Crippen LogP contribution is -2.61. The van der Waals surface area contributed by atoms with Crippen molar-refractivity contribution in [3.8, 4) is 0 Å². The van der Waals surface area contributed by atoms with Crippen molar-refractivity contribution in [1.29, 1.82) is 0 Å². The highest BCUT2D eigenvalue weighted by Gasteiger charge is 2.55. The van der Waals surface area contributed by atoms with Crippen molar-refractivity contribution in [3.63, 3.8) is 0 Å². The molecule has 0 radical (unpaired) electrons. The van der Waals surface area contributed by atoms with E-state index in [4.69, 9.17) is 33.2 Å². The van der Waals surface area contributed by atoms with Crippen LogP contribution in [0.2, 0.25) is 10.0 Å². The number of carbonyl (C=O) groups is 5. The van der Waals surface area contributed by atoms with E-state index >= 15 is 4.79 Å². The molecule has 4 fully saturated rings. The number of piperidine rings is 1. The molecule has 3 aromatic heterocycles. The van der Waals surface area contributed by atoms with E-state index in [-0.39, 0.29) is 80.2 Å². The number of carbonyl (C=O) groups excluding carboxylic acids is 4. The van der Waals surface area contributed by atoms with Crippen molar-refractivity contribution in [3.05, 3.63) is 127 Å². The number of ketones is 1. The van der Waals surface area contributed by atoms with Crippen LogP contribution in [0.5, 0.6) is 0 Å². The fraction of sp³-hybridized carbons (Fsp3) is 0.517. The fourth-order valence-electron chi connectivity index (χ4n) is 12.7. The molecule has 6 heterocycles. The first-order valence-corrected chi connectivity index (χ1v) is 30.5. The van der Waals surface area contributed by atoms with Crippen LogP contribution in [0.4, 0.5) is 5.69 Å². The smallest absolute Gasteiger partial charge is 0.304 e. The molecule has 0 unspecified atom stereocenters. The quantitative estimate of drug-likeness (QED) is 0.0864. The van der Waals surface area contributed by atoms with E-state index in [2.05, 4.69) is 9.88 Å². The molecular weight excluding hydrogens is 1090 g/mol. The van der Waals surface area contributed by atoms with E-state index in [1.807, 2.05) is 74.3 Å². The van der Waals surface area contributed by atoms with Gasteiger partial charge in [-0.25, -0.2) is 18.4 Å². The van der Waals surface area contributed by atoms with E-state index in [0.29, 0.717) is 71.5 Å². The van der Waals surface area contributed by atoms with Crippen LogP contribution in [-0.2, 0) is 35.6 Å². The van der Waals surface area contributed by atoms with Gasteiger partial charge >= 0.3 is 5.97 Å². The average molecular weight is 1170 g/mol. The van der Waals surface area contributed by atoms with Crippen LogP contribution < -0.4 is 10.5 Å². The molecule has 3 saturated heterocycles. The lowest BCUT2D eigenvalue weighted by atomic mass is 9.66.